The molecule has 37 heavy (non-hydrogen) atoms. The highest BCUT2D eigenvalue weighted by Gasteiger charge is 2.25. The summed E-state index contributed by atoms with van der Waals surface area (Å²) in [6, 6.07) is 1.83. The third-order valence-corrected chi connectivity index (χ3v) is 6.00. The van der Waals surface area contributed by atoms with Crippen molar-refractivity contribution in [1.82, 2.24) is 9.55 Å². The molecule has 2 aromatic heterocycles. The lowest BCUT2D eigenvalue weighted by molar-refractivity contribution is -0.0298. The quantitative estimate of drug-likeness (QED) is 0.139. The van der Waals surface area contributed by atoms with Gasteiger partial charge >= 0.3 is 25.6 Å². The van der Waals surface area contributed by atoms with Gasteiger partial charge in [0.05, 0.1) is 23.8 Å². The first-order valence-corrected chi connectivity index (χ1v) is 13.4. The summed E-state index contributed by atoms with van der Waals surface area (Å²) in [5.41, 5.74) is -0.244. The average Bonchev–Trinajstić information content (AvgIpc) is 3.17. The molecular formula is C23H33N2O11P. The Labute approximate surface area is 214 Å². The molecule has 0 spiro atoms. The SMILES string of the molecule is CCCc1cc2cn(C/C=C/CP(=O)(OCOC(=O)OC(C)C)OCOC(=O)OC(C)C)c(=O)nc2o1. The second-order valence-corrected chi connectivity index (χ2v) is 10.4. The standard InChI is InChI=1S/C23H33N2O11P/c1-6-9-19-12-18-13-25(21(26)24-20(18)36-19)10-7-8-11-37(29,32-14-30-22(27)34-16(2)3)33-15-31-23(28)35-17(4)5/h7-8,12-13,16-17H,6,9-11,14-15H2,1-5H3/b8-7+. The van der Waals surface area contributed by atoms with Crippen molar-refractivity contribution in [3.8, 4) is 0 Å². The zero-order chi connectivity index (χ0) is 27.4. The van der Waals surface area contributed by atoms with Gasteiger partial charge in [-0.3, -0.25) is 18.2 Å². The number of furan rings is 1. The van der Waals surface area contributed by atoms with Gasteiger partial charge in [0.15, 0.2) is 0 Å². The molecule has 0 unspecified atom stereocenters. The minimum Gasteiger partial charge on any atom is -0.443 e. The number of aryl methyl sites for hydroxylation is 1. The van der Waals surface area contributed by atoms with Crippen molar-refractivity contribution < 1.29 is 46.6 Å². The number of aromatic nitrogens is 2. The summed E-state index contributed by atoms with van der Waals surface area (Å²) in [6.45, 7) is 7.19. The van der Waals surface area contributed by atoms with Gasteiger partial charge in [0.2, 0.25) is 19.3 Å². The van der Waals surface area contributed by atoms with Gasteiger partial charge in [-0.05, 0) is 40.2 Å². The summed E-state index contributed by atoms with van der Waals surface area (Å²) in [6.07, 6.45) is 3.10. The molecule has 206 valence electrons. The van der Waals surface area contributed by atoms with Gasteiger partial charge in [0.1, 0.15) is 5.76 Å². The van der Waals surface area contributed by atoms with Crippen LogP contribution in [-0.4, -0.2) is 53.8 Å². The Morgan fingerprint density at radius 2 is 1.65 bits per heavy atom. The van der Waals surface area contributed by atoms with E-state index in [9.17, 15) is 18.9 Å². The fourth-order valence-corrected chi connectivity index (χ4v) is 3.92. The Bertz CT molecular complexity index is 1140. The summed E-state index contributed by atoms with van der Waals surface area (Å²) in [5, 5.41) is 0.685. The van der Waals surface area contributed by atoms with E-state index in [1.165, 1.54) is 10.6 Å². The zero-order valence-electron chi connectivity index (χ0n) is 21.5. The number of ether oxygens (including phenoxy) is 4. The van der Waals surface area contributed by atoms with Crippen LogP contribution in [0.4, 0.5) is 9.59 Å². The molecule has 0 N–H and O–H groups in total. The lowest BCUT2D eigenvalue weighted by Crippen LogP contribution is -2.21. The number of carbonyl (C=O) groups is 2. The highest BCUT2D eigenvalue weighted by Crippen LogP contribution is 2.48. The van der Waals surface area contributed by atoms with Crippen molar-refractivity contribution in [2.45, 2.75) is 66.2 Å². The van der Waals surface area contributed by atoms with E-state index < -0.39 is 51.4 Å². The van der Waals surface area contributed by atoms with Crippen molar-refractivity contribution in [2.24, 2.45) is 0 Å². The molecule has 13 nitrogen and oxygen atoms in total. The first-order chi connectivity index (χ1) is 17.5. The Hall–Kier alpha value is -3.15. The van der Waals surface area contributed by atoms with Crippen LogP contribution < -0.4 is 5.69 Å². The Kier molecular flexibility index (Phi) is 11.8. The smallest absolute Gasteiger partial charge is 0.443 e. The molecule has 14 heteroatoms. The van der Waals surface area contributed by atoms with Crippen LogP contribution in [0.15, 0.2) is 33.6 Å². The van der Waals surface area contributed by atoms with Gasteiger partial charge in [-0.1, -0.05) is 19.1 Å². The van der Waals surface area contributed by atoms with E-state index in [0.717, 1.165) is 18.6 Å². The van der Waals surface area contributed by atoms with Crippen molar-refractivity contribution in [1.29, 1.82) is 0 Å². The van der Waals surface area contributed by atoms with Gasteiger partial charge in [-0.2, -0.15) is 4.98 Å². The van der Waals surface area contributed by atoms with Crippen LogP contribution in [0.1, 0.15) is 46.8 Å². The van der Waals surface area contributed by atoms with Gasteiger partial charge in [0, 0.05) is 19.2 Å². The molecule has 2 aromatic rings. The first kappa shape index (κ1) is 30.1. The molecule has 0 aliphatic carbocycles. The third-order valence-electron chi connectivity index (χ3n) is 4.34. The third kappa shape index (κ3) is 10.8. The number of hydrogen-bond donors (Lipinski definition) is 0. The molecule has 0 fully saturated rings. The van der Waals surface area contributed by atoms with Crippen molar-refractivity contribution in [2.75, 3.05) is 19.7 Å². The highest BCUT2D eigenvalue weighted by molar-refractivity contribution is 7.54. The predicted octanol–water partition coefficient (Wildman–Crippen LogP) is 4.76. The lowest BCUT2D eigenvalue weighted by Gasteiger charge is -2.17. The first-order valence-electron chi connectivity index (χ1n) is 11.7. The van der Waals surface area contributed by atoms with Crippen molar-refractivity contribution in [3.05, 3.63) is 40.7 Å². The van der Waals surface area contributed by atoms with E-state index in [2.05, 4.69) is 4.98 Å². The lowest BCUT2D eigenvalue weighted by atomic mass is 10.2. The largest absolute Gasteiger partial charge is 0.510 e. The maximum absolute atomic E-state index is 13.1. The van der Waals surface area contributed by atoms with Gasteiger partial charge in [-0.25, -0.2) is 14.4 Å². The van der Waals surface area contributed by atoms with Crippen LogP contribution in [-0.2, 0) is 45.5 Å². The molecule has 0 radical (unpaired) electrons. The van der Waals surface area contributed by atoms with Crippen molar-refractivity contribution in [3.63, 3.8) is 0 Å². The molecule has 2 rings (SSSR count). The van der Waals surface area contributed by atoms with Crippen LogP contribution in [0.25, 0.3) is 11.1 Å². The van der Waals surface area contributed by atoms with Gasteiger partial charge in [-0.15, -0.1) is 0 Å². The number of carbonyl (C=O) groups excluding carboxylic acids is 2. The summed E-state index contributed by atoms with van der Waals surface area (Å²) in [5.74, 6) is 0.743. The van der Waals surface area contributed by atoms with E-state index in [4.69, 9.17) is 32.4 Å². The van der Waals surface area contributed by atoms with Crippen LogP contribution in [0.2, 0.25) is 0 Å². The summed E-state index contributed by atoms with van der Waals surface area (Å²) >= 11 is 0. The molecule has 2 heterocycles. The second-order valence-electron chi connectivity index (χ2n) is 8.28. The van der Waals surface area contributed by atoms with Gasteiger partial charge < -0.3 is 23.4 Å². The Morgan fingerprint density at radius 3 is 2.19 bits per heavy atom. The Morgan fingerprint density at radius 1 is 1.05 bits per heavy atom. The van der Waals surface area contributed by atoms with Crippen molar-refractivity contribution >= 4 is 31.0 Å². The van der Waals surface area contributed by atoms with E-state index in [1.54, 1.807) is 40.0 Å². The maximum Gasteiger partial charge on any atom is 0.510 e. The topological polar surface area (TPSA) is 155 Å². The van der Waals surface area contributed by atoms with Crippen LogP contribution in [0.5, 0.6) is 0 Å². The average molecular weight is 544 g/mol. The summed E-state index contributed by atoms with van der Waals surface area (Å²) in [4.78, 5) is 39.3. The minimum atomic E-state index is -3.95. The fraction of sp³-hybridized carbons (Fsp3) is 0.565. The number of rotatable bonds is 14. The molecule has 0 aliphatic heterocycles. The number of allylic oxidation sites excluding steroid dienone is 2. The maximum atomic E-state index is 13.1. The van der Waals surface area contributed by atoms with Crippen LogP contribution in [0, 0.1) is 0 Å². The Balaban J connectivity index is 2.01. The van der Waals surface area contributed by atoms with Crippen LogP contribution >= 0.6 is 7.60 Å². The van der Waals surface area contributed by atoms with Crippen LogP contribution in [0.3, 0.4) is 0 Å². The predicted molar refractivity (Wildman–Crippen MR) is 131 cm³/mol. The summed E-state index contributed by atoms with van der Waals surface area (Å²) in [7, 11) is -3.95. The number of hydrogen-bond acceptors (Lipinski definition) is 12. The monoisotopic (exact) mass is 544 g/mol. The number of nitrogens with zero attached hydrogens (tertiary/aromatic N) is 2. The molecule has 0 bridgehead atoms. The van der Waals surface area contributed by atoms with E-state index in [1.807, 2.05) is 13.0 Å². The molecule has 0 aromatic carbocycles. The molecular weight excluding hydrogens is 511 g/mol. The molecule has 0 atom stereocenters. The van der Waals surface area contributed by atoms with Gasteiger partial charge in [0.25, 0.3) is 0 Å². The summed E-state index contributed by atoms with van der Waals surface area (Å²) < 4.78 is 49.3. The normalized spacial score (nSPS) is 12.0. The zero-order valence-corrected chi connectivity index (χ0v) is 22.4. The molecule has 0 aliphatic rings. The second kappa shape index (κ2) is 14.6. The van der Waals surface area contributed by atoms with E-state index in [0.29, 0.717) is 5.39 Å². The number of fused-ring (bicyclic) bond motifs is 1. The minimum absolute atomic E-state index is 0.116. The molecule has 0 saturated heterocycles. The molecule has 0 amide bonds. The van der Waals surface area contributed by atoms with E-state index >= 15 is 0 Å². The fourth-order valence-electron chi connectivity index (χ4n) is 2.80. The molecule has 0 saturated carbocycles. The van der Waals surface area contributed by atoms with E-state index in [-0.39, 0.29) is 18.4 Å². The highest BCUT2D eigenvalue weighted by atomic mass is 31.2.